The van der Waals surface area contributed by atoms with Crippen molar-refractivity contribution in [3.63, 3.8) is 0 Å². The molecule has 0 radical (unpaired) electrons. The normalized spacial score (nSPS) is 17.8. The molecule has 168 valence electrons. The van der Waals surface area contributed by atoms with E-state index in [1.165, 1.54) is 23.1 Å². The zero-order chi connectivity index (χ0) is 22.7. The third-order valence-corrected chi connectivity index (χ3v) is 5.90. The number of carbonyl (C=O) groups is 4. The predicted molar refractivity (Wildman–Crippen MR) is 115 cm³/mol. The summed E-state index contributed by atoms with van der Waals surface area (Å²) in [6.45, 7) is 11.8. The highest BCUT2D eigenvalue weighted by Gasteiger charge is 2.36. The van der Waals surface area contributed by atoms with E-state index >= 15 is 0 Å². The molecule has 8 heteroatoms. The van der Waals surface area contributed by atoms with E-state index in [-0.39, 0.29) is 22.9 Å². The van der Waals surface area contributed by atoms with E-state index in [4.69, 9.17) is 4.74 Å². The van der Waals surface area contributed by atoms with Crippen LogP contribution < -0.4 is 0 Å². The molecular formula is C23H31N3O5. The van der Waals surface area contributed by atoms with Crippen molar-refractivity contribution < 1.29 is 23.9 Å². The van der Waals surface area contributed by atoms with Gasteiger partial charge in [0.2, 0.25) is 0 Å². The fraction of sp³-hybridized carbons (Fsp3) is 0.565. The molecule has 3 amide bonds. The first-order valence-corrected chi connectivity index (χ1v) is 10.9. The van der Waals surface area contributed by atoms with Gasteiger partial charge in [-0.1, -0.05) is 20.8 Å². The number of fused-ring (bicyclic) bond motifs is 1. The van der Waals surface area contributed by atoms with Gasteiger partial charge in [0.15, 0.2) is 6.10 Å². The molecule has 1 aromatic rings. The van der Waals surface area contributed by atoms with Gasteiger partial charge in [-0.05, 0) is 44.0 Å². The van der Waals surface area contributed by atoms with Crippen molar-refractivity contribution in [2.75, 3.05) is 39.3 Å². The van der Waals surface area contributed by atoms with E-state index in [2.05, 4.69) is 11.8 Å². The number of hydrogen-bond acceptors (Lipinski definition) is 6. The average Bonchev–Trinajstić information content (AvgIpc) is 3.00. The Labute approximate surface area is 183 Å². The summed E-state index contributed by atoms with van der Waals surface area (Å²) in [5, 5.41) is 0. The molecule has 0 aliphatic carbocycles. The van der Waals surface area contributed by atoms with Gasteiger partial charge in [0.1, 0.15) is 0 Å². The minimum absolute atomic E-state index is 0.154. The molecule has 8 nitrogen and oxygen atoms in total. The Balaban J connectivity index is 1.64. The Bertz CT molecular complexity index is 874. The van der Waals surface area contributed by atoms with E-state index < -0.39 is 18.0 Å². The Kier molecular flexibility index (Phi) is 7.10. The molecule has 0 aromatic heterocycles. The zero-order valence-corrected chi connectivity index (χ0v) is 18.7. The Morgan fingerprint density at radius 2 is 1.65 bits per heavy atom. The molecule has 1 atom stereocenters. The first-order valence-electron chi connectivity index (χ1n) is 10.9. The van der Waals surface area contributed by atoms with E-state index in [1.807, 2.05) is 13.8 Å². The number of piperazine rings is 1. The monoisotopic (exact) mass is 429 g/mol. The molecule has 0 unspecified atom stereocenters. The number of esters is 1. The first-order chi connectivity index (χ1) is 14.7. The maximum atomic E-state index is 12.7. The second kappa shape index (κ2) is 9.60. The smallest absolute Gasteiger partial charge is 0.338 e. The minimum Gasteiger partial charge on any atom is -0.449 e. The lowest BCUT2D eigenvalue weighted by Gasteiger charge is -2.35. The third-order valence-electron chi connectivity index (χ3n) is 5.90. The molecular weight excluding hydrogens is 398 g/mol. The number of nitrogens with zero attached hydrogens (tertiary/aromatic N) is 3. The van der Waals surface area contributed by atoms with Gasteiger partial charge in [-0.2, -0.15) is 0 Å². The molecule has 1 saturated heterocycles. The quantitative estimate of drug-likeness (QED) is 0.487. The second-order valence-corrected chi connectivity index (χ2v) is 8.51. The maximum absolute atomic E-state index is 12.7. The second-order valence-electron chi connectivity index (χ2n) is 8.51. The molecule has 2 aliphatic heterocycles. The summed E-state index contributed by atoms with van der Waals surface area (Å²) in [7, 11) is 0. The third kappa shape index (κ3) is 4.95. The van der Waals surface area contributed by atoms with Gasteiger partial charge in [0.25, 0.3) is 17.7 Å². The van der Waals surface area contributed by atoms with Gasteiger partial charge < -0.3 is 14.5 Å². The van der Waals surface area contributed by atoms with Crippen LogP contribution in [0, 0.1) is 5.92 Å². The number of carbonyl (C=O) groups excluding carboxylic acids is 4. The Hall–Kier alpha value is -2.74. The standard InChI is InChI=1S/C23H31N3O5/c1-5-24-10-12-25(13-11-24)20(27)16(4)31-23(30)17-6-7-18-19(14-17)22(29)26(21(18)28)9-8-15(2)3/h6-7,14-16H,5,8-13H2,1-4H3/t16-/m1/s1. The minimum atomic E-state index is -0.922. The van der Waals surface area contributed by atoms with Crippen LogP contribution in [-0.2, 0) is 9.53 Å². The number of rotatable bonds is 7. The van der Waals surface area contributed by atoms with Crippen LogP contribution in [-0.4, -0.2) is 83.8 Å². The van der Waals surface area contributed by atoms with Crippen LogP contribution in [0.25, 0.3) is 0 Å². The largest absolute Gasteiger partial charge is 0.449 e. The molecule has 3 rings (SSSR count). The van der Waals surface area contributed by atoms with E-state index in [9.17, 15) is 19.2 Å². The summed E-state index contributed by atoms with van der Waals surface area (Å²) in [4.78, 5) is 55.6. The summed E-state index contributed by atoms with van der Waals surface area (Å²) >= 11 is 0. The van der Waals surface area contributed by atoms with Crippen molar-refractivity contribution in [1.29, 1.82) is 0 Å². The number of benzene rings is 1. The van der Waals surface area contributed by atoms with Crippen LogP contribution in [0.15, 0.2) is 18.2 Å². The van der Waals surface area contributed by atoms with Crippen LogP contribution >= 0.6 is 0 Å². The van der Waals surface area contributed by atoms with Crippen LogP contribution in [0.3, 0.4) is 0 Å². The maximum Gasteiger partial charge on any atom is 0.338 e. The number of ether oxygens (including phenoxy) is 1. The van der Waals surface area contributed by atoms with Crippen LogP contribution in [0.2, 0.25) is 0 Å². The molecule has 0 N–H and O–H groups in total. The van der Waals surface area contributed by atoms with Crippen LogP contribution in [0.4, 0.5) is 0 Å². The summed E-state index contributed by atoms with van der Waals surface area (Å²) in [6.07, 6.45) is -0.208. The average molecular weight is 430 g/mol. The summed E-state index contributed by atoms with van der Waals surface area (Å²) < 4.78 is 5.38. The van der Waals surface area contributed by atoms with Crippen molar-refractivity contribution >= 4 is 23.7 Å². The molecule has 1 fully saturated rings. The van der Waals surface area contributed by atoms with Crippen LogP contribution in [0.1, 0.15) is 65.2 Å². The van der Waals surface area contributed by atoms with Crippen molar-refractivity contribution in [3.05, 3.63) is 34.9 Å². The van der Waals surface area contributed by atoms with Gasteiger partial charge in [-0.25, -0.2) is 4.79 Å². The summed E-state index contributed by atoms with van der Waals surface area (Å²) in [5.41, 5.74) is 0.655. The molecule has 2 aliphatic rings. The van der Waals surface area contributed by atoms with Gasteiger partial charge in [0, 0.05) is 32.7 Å². The Morgan fingerprint density at radius 1 is 1.00 bits per heavy atom. The highest BCUT2D eigenvalue weighted by atomic mass is 16.5. The van der Waals surface area contributed by atoms with Crippen molar-refractivity contribution in [3.8, 4) is 0 Å². The fourth-order valence-corrected chi connectivity index (χ4v) is 3.83. The van der Waals surface area contributed by atoms with Gasteiger partial charge in [0.05, 0.1) is 16.7 Å². The molecule has 0 spiro atoms. The summed E-state index contributed by atoms with van der Waals surface area (Å²) in [6, 6.07) is 4.35. The number of amides is 3. The van der Waals surface area contributed by atoms with Gasteiger partial charge in [-0.3, -0.25) is 19.3 Å². The van der Waals surface area contributed by atoms with Crippen molar-refractivity contribution in [2.45, 2.75) is 40.2 Å². The van der Waals surface area contributed by atoms with Gasteiger partial charge >= 0.3 is 5.97 Å². The van der Waals surface area contributed by atoms with E-state index in [0.29, 0.717) is 37.5 Å². The molecule has 0 saturated carbocycles. The SMILES string of the molecule is CCN1CCN(C(=O)[C@@H](C)OC(=O)c2ccc3c(c2)C(=O)N(CCC(C)C)C3=O)CC1. The highest BCUT2D eigenvalue weighted by molar-refractivity contribution is 6.22. The fourth-order valence-electron chi connectivity index (χ4n) is 3.83. The molecule has 0 bridgehead atoms. The van der Waals surface area contributed by atoms with Crippen molar-refractivity contribution in [1.82, 2.24) is 14.7 Å². The molecule has 31 heavy (non-hydrogen) atoms. The summed E-state index contributed by atoms with van der Waals surface area (Å²) in [5.74, 6) is -1.28. The Morgan fingerprint density at radius 3 is 2.26 bits per heavy atom. The first kappa shape index (κ1) is 22.9. The van der Waals surface area contributed by atoms with Crippen molar-refractivity contribution in [2.24, 2.45) is 5.92 Å². The van der Waals surface area contributed by atoms with E-state index in [1.54, 1.807) is 11.8 Å². The topological polar surface area (TPSA) is 87.2 Å². The zero-order valence-electron chi connectivity index (χ0n) is 18.7. The molecule has 2 heterocycles. The number of hydrogen-bond donors (Lipinski definition) is 0. The van der Waals surface area contributed by atoms with Gasteiger partial charge in [-0.15, -0.1) is 0 Å². The predicted octanol–water partition coefficient (Wildman–Crippen LogP) is 2.04. The van der Waals surface area contributed by atoms with E-state index in [0.717, 1.165) is 19.6 Å². The lowest BCUT2D eigenvalue weighted by atomic mass is 10.1. The number of imide groups is 1. The number of likely N-dealkylation sites (N-methyl/N-ethyl adjacent to an activating group) is 1. The highest BCUT2D eigenvalue weighted by Crippen LogP contribution is 2.25. The van der Waals surface area contributed by atoms with Crippen LogP contribution in [0.5, 0.6) is 0 Å². The lowest BCUT2D eigenvalue weighted by Crippen LogP contribution is -2.51. The lowest BCUT2D eigenvalue weighted by molar-refractivity contribution is -0.141. The molecule has 1 aromatic carbocycles.